The number of anilines is 1. The van der Waals surface area contributed by atoms with Crippen molar-refractivity contribution < 1.29 is 9.18 Å². The van der Waals surface area contributed by atoms with Crippen LogP contribution >= 0.6 is 0 Å². The highest BCUT2D eigenvalue weighted by Gasteiger charge is 2.22. The molecule has 0 bridgehead atoms. The molecule has 0 saturated carbocycles. The van der Waals surface area contributed by atoms with Crippen LogP contribution in [0.25, 0.3) is 0 Å². The predicted octanol–water partition coefficient (Wildman–Crippen LogP) is 3.42. The van der Waals surface area contributed by atoms with Gasteiger partial charge >= 0.3 is 0 Å². The number of benzene rings is 1. The number of aryl methyl sites for hydroxylation is 2. The molecule has 1 heterocycles. The Bertz CT molecular complexity index is 683. The molecular weight excluding hydrogens is 269 g/mol. The van der Waals surface area contributed by atoms with Crippen LogP contribution in [0.15, 0.2) is 24.4 Å². The van der Waals surface area contributed by atoms with Crippen LogP contribution in [0.3, 0.4) is 0 Å². The monoisotopic (exact) mass is 289 g/mol. The molecule has 0 spiro atoms. The van der Waals surface area contributed by atoms with Gasteiger partial charge in [0.15, 0.2) is 0 Å². The van der Waals surface area contributed by atoms with E-state index in [1.54, 1.807) is 43.0 Å². The minimum absolute atomic E-state index is 0.190. The Hall–Kier alpha value is -2.17. The summed E-state index contributed by atoms with van der Waals surface area (Å²) in [5.74, 6) is -0.745. The van der Waals surface area contributed by atoms with Gasteiger partial charge in [0.05, 0.1) is 16.9 Å². The van der Waals surface area contributed by atoms with Crippen LogP contribution in [0, 0.1) is 12.7 Å². The number of rotatable bonds is 2. The number of hydrogen-bond acceptors (Lipinski definition) is 2. The van der Waals surface area contributed by atoms with Gasteiger partial charge in [-0.05, 0) is 24.0 Å². The van der Waals surface area contributed by atoms with Crippen LogP contribution in [-0.2, 0) is 12.5 Å². The van der Waals surface area contributed by atoms with E-state index in [2.05, 4.69) is 10.4 Å². The Morgan fingerprint density at radius 1 is 1.33 bits per heavy atom. The molecule has 1 N–H and O–H groups in total. The van der Waals surface area contributed by atoms with Crippen LogP contribution in [0.4, 0.5) is 10.1 Å². The summed E-state index contributed by atoms with van der Waals surface area (Å²) < 4.78 is 16.1. The van der Waals surface area contributed by atoms with Crippen LogP contribution < -0.4 is 5.32 Å². The Morgan fingerprint density at radius 3 is 2.52 bits per heavy atom. The van der Waals surface area contributed by atoms with Gasteiger partial charge in [-0.15, -0.1) is 0 Å². The van der Waals surface area contributed by atoms with Crippen molar-refractivity contribution in [1.82, 2.24) is 9.78 Å². The lowest BCUT2D eigenvalue weighted by molar-refractivity contribution is 0.102. The summed E-state index contributed by atoms with van der Waals surface area (Å²) in [4.78, 5) is 12.2. The average molecular weight is 289 g/mol. The van der Waals surface area contributed by atoms with Crippen molar-refractivity contribution in [2.45, 2.75) is 33.1 Å². The minimum atomic E-state index is -0.389. The summed E-state index contributed by atoms with van der Waals surface area (Å²) in [6.45, 7) is 7.55. The number of carbonyl (C=O) groups is 1. The highest BCUT2D eigenvalue weighted by atomic mass is 19.1. The third-order valence-electron chi connectivity index (χ3n) is 3.31. The molecule has 0 aliphatic heterocycles. The van der Waals surface area contributed by atoms with Crippen LogP contribution in [-0.4, -0.2) is 15.7 Å². The fourth-order valence-electron chi connectivity index (χ4n) is 2.22. The van der Waals surface area contributed by atoms with E-state index in [9.17, 15) is 9.18 Å². The van der Waals surface area contributed by atoms with Crippen molar-refractivity contribution in [3.63, 3.8) is 0 Å². The van der Waals surface area contributed by atoms with E-state index in [-0.39, 0.29) is 22.8 Å². The third-order valence-corrected chi connectivity index (χ3v) is 3.31. The lowest BCUT2D eigenvalue weighted by Gasteiger charge is -2.21. The second-order valence-electron chi connectivity index (χ2n) is 6.17. The molecule has 0 fully saturated rings. The summed E-state index contributed by atoms with van der Waals surface area (Å²) in [6.07, 6.45) is 1.62. The standard InChI is InChI=1S/C16H20FN3O/c1-10-11(9-20(5)19-10)15(21)18-13-8-6-7-12(14(13)17)16(2,3)4/h6-9H,1-5H3,(H,18,21). The van der Waals surface area contributed by atoms with E-state index in [1.807, 2.05) is 20.8 Å². The minimum Gasteiger partial charge on any atom is -0.319 e. The summed E-state index contributed by atoms with van der Waals surface area (Å²) in [5, 5.41) is 6.74. The smallest absolute Gasteiger partial charge is 0.259 e. The van der Waals surface area contributed by atoms with Crippen LogP contribution in [0.5, 0.6) is 0 Å². The summed E-state index contributed by atoms with van der Waals surface area (Å²) in [6, 6.07) is 5.05. The first-order valence-corrected chi connectivity index (χ1v) is 6.80. The maximum absolute atomic E-state index is 14.5. The highest BCUT2D eigenvalue weighted by molar-refractivity contribution is 6.05. The molecule has 21 heavy (non-hydrogen) atoms. The number of hydrogen-bond donors (Lipinski definition) is 1. The molecule has 0 saturated heterocycles. The normalized spacial score (nSPS) is 11.5. The second kappa shape index (κ2) is 5.31. The van der Waals surface area contributed by atoms with Gasteiger partial charge in [-0.2, -0.15) is 5.10 Å². The lowest BCUT2D eigenvalue weighted by atomic mass is 9.86. The van der Waals surface area contributed by atoms with E-state index in [0.29, 0.717) is 16.8 Å². The van der Waals surface area contributed by atoms with E-state index in [1.165, 1.54) is 0 Å². The van der Waals surface area contributed by atoms with E-state index >= 15 is 0 Å². The molecule has 0 radical (unpaired) electrons. The molecule has 112 valence electrons. The van der Waals surface area contributed by atoms with Crippen LogP contribution in [0.2, 0.25) is 0 Å². The van der Waals surface area contributed by atoms with Crippen molar-refractivity contribution in [3.8, 4) is 0 Å². The molecule has 2 aromatic rings. The molecule has 2 rings (SSSR count). The Balaban J connectivity index is 2.32. The van der Waals surface area contributed by atoms with E-state index in [4.69, 9.17) is 0 Å². The molecule has 0 aliphatic carbocycles. The maximum atomic E-state index is 14.5. The van der Waals surface area contributed by atoms with Gasteiger partial charge in [0, 0.05) is 13.2 Å². The number of carbonyl (C=O) groups excluding carboxylic acids is 1. The van der Waals surface area contributed by atoms with Crippen LogP contribution in [0.1, 0.15) is 42.4 Å². The average Bonchev–Trinajstić information content (AvgIpc) is 2.69. The molecule has 0 atom stereocenters. The van der Waals surface area contributed by atoms with Gasteiger partial charge in [-0.1, -0.05) is 32.9 Å². The maximum Gasteiger partial charge on any atom is 0.259 e. The van der Waals surface area contributed by atoms with Gasteiger partial charge < -0.3 is 5.32 Å². The number of halogens is 1. The van der Waals surface area contributed by atoms with E-state index in [0.717, 1.165) is 0 Å². The SMILES string of the molecule is Cc1nn(C)cc1C(=O)Nc1cccc(C(C)(C)C)c1F. The summed E-state index contributed by atoms with van der Waals surface area (Å²) >= 11 is 0. The fourth-order valence-corrected chi connectivity index (χ4v) is 2.22. The zero-order valence-corrected chi connectivity index (χ0v) is 13.0. The molecule has 4 nitrogen and oxygen atoms in total. The number of nitrogens with one attached hydrogen (secondary N) is 1. The predicted molar refractivity (Wildman–Crippen MR) is 81.0 cm³/mol. The summed E-state index contributed by atoms with van der Waals surface area (Å²) in [5.41, 5.74) is 1.49. The summed E-state index contributed by atoms with van der Waals surface area (Å²) in [7, 11) is 1.74. The van der Waals surface area contributed by atoms with Crippen molar-refractivity contribution in [3.05, 3.63) is 47.0 Å². The Kier molecular flexibility index (Phi) is 3.85. The van der Waals surface area contributed by atoms with Gasteiger partial charge in [-0.3, -0.25) is 9.48 Å². The van der Waals surface area contributed by atoms with Crippen molar-refractivity contribution >= 4 is 11.6 Å². The first-order chi connectivity index (χ1) is 9.70. The molecule has 1 aromatic heterocycles. The number of amides is 1. The Labute approximate surface area is 124 Å². The molecular formula is C16H20FN3O. The third kappa shape index (κ3) is 3.12. The van der Waals surface area contributed by atoms with Gasteiger partial charge in [0.2, 0.25) is 0 Å². The van der Waals surface area contributed by atoms with Crippen molar-refractivity contribution in [2.24, 2.45) is 7.05 Å². The van der Waals surface area contributed by atoms with Gasteiger partial charge in [0.25, 0.3) is 5.91 Å². The zero-order chi connectivity index (χ0) is 15.8. The van der Waals surface area contributed by atoms with Gasteiger partial charge in [0.1, 0.15) is 5.82 Å². The molecule has 5 heteroatoms. The molecule has 1 aromatic carbocycles. The second-order valence-corrected chi connectivity index (χ2v) is 6.17. The molecule has 0 unspecified atom stereocenters. The lowest BCUT2D eigenvalue weighted by Crippen LogP contribution is -2.18. The first-order valence-electron chi connectivity index (χ1n) is 6.80. The first kappa shape index (κ1) is 15.2. The Morgan fingerprint density at radius 2 is 2.00 bits per heavy atom. The van der Waals surface area contributed by atoms with Crippen molar-refractivity contribution in [1.29, 1.82) is 0 Å². The van der Waals surface area contributed by atoms with E-state index < -0.39 is 0 Å². The number of aromatic nitrogens is 2. The highest BCUT2D eigenvalue weighted by Crippen LogP contribution is 2.29. The quantitative estimate of drug-likeness (QED) is 0.921. The molecule has 0 aliphatic rings. The topological polar surface area (TPSA) is 46.9 Å². The largest absolute Gasteiger partial charge is 0.319 e. The van der Waals surface area contributed by atoms with Crippen molar-refractivity contribution in [2.75, 3.05) is 5.32 Å². The van der Waals surface area contributed by atoms with Gasteiger partial charge in [-0.25, -0.2) is 4.39 Å². The number of nitrogens with zero attached hydrogens (tertiary/aromatic N) is 2. The fraction of sp³-hybridized carbons (Fsp3) is 0.375. The zero-order valence-electron chi connectivity index (χ0n) is 13.0. The molecule has 1 amide bonds.